The van der Waals surface area contributed by atoms with Gasteiger partial charge < -0.3 is 9.30 Å². The zero-order valence-corrected chi connectivity index (χ0v) is 20.4. The summed E-state index contributed by atoms with van der Waals surface area (Å²) in [5.41, 5.74) is 4.62. The Balaban J connectivity index is 1.51. The molecule has 0 aliphatic carbocycles. The van der Waals surface area contributed by atoms with E-state index in [1.165, 1.54) is 5.56 Å². The fourth-order valence-electron chi connectivity index (χ4n) is 4.79. The summed E-state index contributed by atoms with van der Waals surface area (Å²) in [7, 11) is 1.61. The van der Waals surface area contributed by atoms with E-state index < -0.39 is 0 Å². The number of fused-ring (bicyclic) bond motifs is 2. The van der Waals surface area contributed by atoms with Crippen LogP contribution in [-0.2, 0) is 6.54 Å². The van der Waals surface area contributed by atoms with E-state index in [1.54, 1.807) is 17.7 Å². The lowest BCUT2D eigenvalue weighted by atomic mass is 10.1. The SMILES string of the molecule is COc1ccccc1-n1c(/C=C/c2cn(Cc3ccccc3)c3ccccc23)nc2ccccc2c1=O. The Morgan fingerprint density at radius 1 is 0.784 bits per heavy atom. The van der Waals surface area contributed by atoms with Crippen LogP contribution in [0.3, 0.4) is 0 Å². The maximum atomic E-state index is 13.7. The molecule has 0 aliphatic heterocycles. The monoisotopic (exact) mass is 483 g/mol. The first-order chi connectivity index (χ1) is 18.2. The van der Waals surface area contributed by atoms with Crippen LogP contribution in [0.2, 0.25) is 0 Å². The summed E-state index contributed by atoms with van der Waals surface area (Å²) in [6.45, 7) is 0.773. The van der Waals surface area contributed by atoms with Crippen molar-refractivity contribution in [2.24, 2.45) is 0 Å². The zero-order chi connectivity index (χ0) is 25.2. The number of rotatable bonds is 6. The molecule has 37 heavy (non-hydrogen) atoms. The van der Waals surface area contributed by atoms with Gasteiger partial charge in [-0.05, 0) is 48.0 Å². The highest BCUT2D eigenvalue weighted by atomic mass is 16.5. The second kappa shape index (κ2) is 9.63. The molecule has 0 N–H and O–H groups in total. The van der Waals surface area contributed by atoms with Crippen molar-refractivity contribution >= 4 is 34.0 Å². The molecule has 0 fully saturated rings. The van der Waals surface area contributed by atoms with Crippen molar-refractivity contribution < 1.29 is 4.74 Å². The number of ether oxygens (including phenoxy) is 1. The molecule has 2 heterocycles. The number of methoxy groups -OCH3 is 1. The normalized spacial score (nSPS) is 11.5. The number of aromatic nitrogens is 3. The van der Waals surface area contributed by atoms with Crippen molar-refractivity contribution in [3.8, 4) is 11.4 Å². The van der Waals surface area contributed by atoms with Crippen LogP contribution >= 0.6 is 0 Å². The van der Waals surface area contributed by atoms with Gasteiger partial charge in [0.15, 0.2) is 0 Å². The van der Waals surface area contributed by atoms with Crippen LogP contribution in [0.1, 0.15) is 17.0 Å². The predicted octanol–water partition coefficient (Wildman–Crippen LogP) is 6.57. The Hall–Kier alpha value is -4.90. The van der Waals surface area contributed by atoms with E-state index in [2.05, 4.69) is 53.2 Å². The van der Waals surface area contributed by atoms with Gasteiger partial charge in [-0.25, -0.2) is 4.98 Å². The summed E-state index contributed by atoms with van der Waals surface area (Å²) in [5, 5.41) is 1.70. The third kappa shape index (κ3) is 4.21. The molecule has 0 unspecified atom stereocenters. The van der Waals surface area contributed by atoms with Gasteiger partial charge in [0.1, 0.15) is 11.6 Å². The molecule has 2 aromatic heterocycles. The molecule has 0 bridgehead atoms. The molecule has 6 rings (SSSR count). The lowest BCUT2D eigenvalue weighted by Crippen LogP contribution is -2.22. The molecule has 5 nitrogen and oxygen atoms in total. The molecule has 0 atom stereocenters. The van der Waals surface area contributed by atoms with E-state index in [0.717, 1.165) is 23.0 Å². The summed E-state index contributed by atoms with van der Waals surface area (Å²) in [6.07, 6.45) is 6.10. The van der Waals surface area contributed by atoms with Crippen LogP contribution in [-0.4, -0.2) is 21.2 Å². The average Bonchev–Trinajstić information content (AvgIpc) is 3.30. The van der Waals surface area contributed by atoms with Gasteiger partial charge in [0.05, 0.1) is 23.7 Å². The van der Waals surface area contributed by atoms with E-state index in [9.17, 15) is 4.79 Å². The molecule has 0 aliphatic rings. The van der Waals surface area contributed by atoms with Gasteiger partial charge in [0.2, 0.25) is 0 Å². The highest BCUT2D eigenvalue weighted by molar-refractivity contribution is 5.92. The summed E-state index contributed by atoms with van der Waals surface area (Å²) in [6, 6.07) is 33.7. The maximum absolute atomic E-state index is 13.7. The van der Waals surface area contributed by atoms with E-state index in [0.29, 0.717) is 28.2 Å². The van der Waals surface area contributed by atoms with Gasteiger partial charge >= 0.3 is 0 Å². The quantitative estimate of drug-likeness (QED) is 0.269. The lowest BCUT2D eigenvalue weighted by Gasteiger charge is -2.14. The Morgan fingerprint density at radius 2 is 1.49 bits per heavy atom. The minimum atomic E-state index is -0.138. The molecule has 0 saturated carbocycles. The Morgan fingerprint density at radius 3 is 2.32 bits per heavy atom. The van der Waals surface area contributed by atoms with E-state index >= 15 is 0 Å². The summed E-state index contributed by atoms with van der Waals surface area (Å²) < 4.78 is 9.47. The van der Waals surface area contributed by atoms with Gasteiger partial charge in [-0.3, -0.25) is 9.36 Å². The van der Waals surface area contributed by atoms with E-state index in [-0.39, 0.29) is 5.56 Å². The number of benzene rings is 4. The second-order valence-corrected chi connectivity index (χ2v) is 8.85. The number of para-hydroxylation sites is 4. The van der Waals surface area contributed by atoms with Gasteiger partial charge in [0, 0.05) is 29.2 Å². The third-order valence-corrected chi connectivity index (χ3v) is 6.55. The number of nitrogens with zero attached hydrogens (tertiary/aromatic N) is 3. The van der Waals surface area contributed by atoms with Crippen LogP contribution in [0.25, 0.3) is 39.6 Å². The van der Waals surface area contributed by atoms with Gasteiger partial charge in [-0.1, -0.05) is 72.8 Å². The maximum Gasteiger partial charge on any atom is 0.266 e. The Bertz CT molecular complexity index is 1810. The molecular formula is C32H25N3O2. The van der Waals surface area contributed by atoms with Crippen molar-refractivity contribution in [2.75, 3.05) is 7.11 Å². The van der Waals surface area contributed by atoms with Crippen LogP contribution in [0, 0.1) is 0 Å². The predicted molar refractivity (Wildman–Crippen MR) is 150 cm³/mol. The highest BCUT2D eigenvalue weighted by Crippen LogP contribution is 2.26. The second-order valence-electron chi connectivity index (χ2n) is 8.85. The number of hydrogen-bond donors (Lipinski definition) is 0. The van der Waals surface area contributed by atoms with Crippen molar-refractivity contribution in [1.29, 1.82) is 0 Å². The summed E-state index contributed by atoms with van der Waals surface area (Å²) in [5.74, 6) is 1.14. The topological polar surface area (TPSA) is 49.0 Å². The number of hydrogen-bond acceptors (Lipinski definition) is 3. The average molecular weight is 484 g/mol. The lowest BCUT2D eigenvalue weighted by molar-refractivity contribution is 0.412. The smallest absolute Gasteiger partial charge is 0.266 e. The first-order valence-electron chi connectivity index (χ1n) is 12.2. The van der Waals surface area contributed by atoms with Crippen LogP contribution in [0.15, 0.2) is 114 Å². The van der Waals surface area contributed by atoms with Crippen LogP contribution in [0.5, 0.6) is 5.75 Å². The summed E-state index contributed by atoms with van der Waals surface area (Å²) >= 11 is 0. The highest BCUT2D eigenvalue weighted by Gasteiger charge is 2.15. The molecule has 0 amide bonds. The molecular weight excluding hydrogens is 458 g/mol. The van der Waals surface area contributed by atoms with E-state index in [1.807, 2.05) is 66.7 Å². The van der Waals surface area contributed by atoms with Crippen molar-refractivity contribution in [1.82, 2.24) is 14.1 Å². The van der Waals surface area contributed by atoms with Gasteiger partial charge in [-0.15, -0.1) is 0 Å². The fourth-order valence-corrected chi connectivity index (χ4v) is 4.79. The summed E-state index contributed by atoms with van der Waals surface area (Å²) in [4.78, 5) is 18.5. The minimum absolute atomic E-state index is 0.138. The van der Waals surface area contributed by atoms with Crippen LogP contribution in [0.4, 0.5) is 0 Å². The Labute approximate surface area is 214 Å². The van der Waals surface area contributed by atoms with Gasteiger partial charge in [0.25, 0.3) is 5.56 Å². The third-order valence-electron chi connectivity index (χ3n) is 6.55. The largest absolute Gasteiger partial charge is 0.495 e. The zero-order valence-electron chi connectivity index (χ0n) is 20.4. The van der Waals surface area contributed by atoms with Crippen molar-refractivity contribution in [2.45, 2.75) is 6.54 Å². The molecule has 0 saturated heterocycles. The van der Waals surface area contributed by atoms with Crippen molar-refractivity contribution in [3.63, 3.8) is 0 Å². The minimum Gasteiger partial charge on any atom is -0.495 e. The fraction of sp³-hybridized carbons (Fsp3) is 0.0625. The molecule has 5 heteroatoms. The standard InChI is InChI=1S/C32H25N3O2/c1-37-30-18-10-9-17-29(30)35-31(33-27-15-7-5-14-26(27)32(35)36)20-19-24-22-34(21-23-11-3-2-4-12-23)28-16-8-6-13-25(24)28/h2-20,22H,21H2,1H3/b20-19+. The molecule has 0 radical (unpaired) electrons. The van der Waals surface area contributed by atoms with E-state index in [4.69, 9.17) is 9.72 Å². The first kappa shape index (κ1) is 22.6. The van der Waals surface area contributed by atoms with Gasteiger partial charge in [-0.2, -0.15) is 0 Å². The van der Waals surface area contributed by atoms with Crippen LogP contribution < -0.4 is 10.3 Å². The Kier molecular flexibility index (Phi) is 5.87. The first-order valence-corrected chi connectivity index (χ1v) is 12.2. The molecule has 0 spiro atoms. The molecule has 4 aromatic carbocycles. The van der Waals surface area contributed by atoms with Crippen molar-refractivity contribution in [3.05, 3.63) is 137 Å². The molecule has 180 valence electrons. The molecule has 6 aromatic rings.